The first-order valence-electron chi connectivity index (χ1n) is 12.1. The Kier molecular flexibility index (Phi) is 5.11. The van der Waals surface area contributed by atoms with Crippen LogP contribution in [-0.4, -0.2) is 21.4 Å². The van der Waals surface area contributed by atoms with E-state index < -0.39 is 11.2 Å². The number of hydrogen-bond donors (Lipinski definition) is 2. The van der Waals surface area contributed by atoms with Crippen LogP contribution in [0.1, 0.15) is 105 Å². The summed E-state index contributed by atoms with van der Waals surface area (Å²) in [7, 11) is 0. The monoisotopic (exact) mass is 388 g/mol. The molecule has 4 rings (SSSR count). The molecule has 160 valence electrons. The van der Waals surface area contributed by atoms with E-state index in [1.54, 1.807) is 5.57 Å². The van der Waals surface area contributed by atoms with Crippen molar-refractivity contribution < 1.29 is 10.2 Å². The van der Waals surface area contributed by atoms with Gasteiger partial charge in [0.05, 0.1) is 11.2 Å². The minimum Gasteiger partial charge on any atom is -0.390 e. The molecule has 2 heteroatoms. The summed E-state index contributed by atoms with van der Waals surface area (Å²) in [5, 5.41) is 20.7. The van der Waals surface area contributed by atoms with E-state index in [9.17, 15) is 10.2 Å². The second kappa shape index (κ2) is 6.84. The van der Waals surface area contributed by atoms with E-state index in [-0.39, 0.29) is 0 Å². The van der Waals surface area contributed by atoms with Gasteiger partial charge in [-0.05, 0) is 119 Å². The Bertz CT molecular complexity index is 627. The van der Waals surface area contributed by atoms with Gasteiger partial charge in [0, 0.05) is 0 Å². The van der Waals surface area contributed by atoms with Crippen molar-refractivity contribution in [3.8, 4) is 0 Å². The second-order valence-corrected chi connectivity index (χ2v) is 12.5. The molecule has 0 amide bonds. The third kappa shape index (κ3) is 3.51. The third-order valence-electron chi connectivity index (χ3n) is 9.92. The topological polar surface area (TPSA) is 40.5 Å². The zero-order chi connectivity index (χ0) is 20.4. The smallest absolute Gasteiger partial charge is 0.0657 e. The van der Waals surface area contributed by atoms with Gasteiger partial charge in [-0.3, -0.25) is 0 Å². The summed E-state index contributed by atoms with van der Waals surface area (Å²) in [4.78, 5) is 0. The minimum absolute atomic E-state index is 0.339. The van der Waals surface area contributed by atoms with Crippen LogP contribution in [0.4, 0.5) is 0 Å². The number of allylic oxidation sites excluding steroid dienone is 1. The molecule has 7 atom stereocenters. The maximum atomic E-state index is 10.6. The number of rotatable bonds is 4. The number of hydrogen-bond acceptors (Lipinski definition) is 2. The molecule has 0 heterocycles. The SMILES string of the molecule is CC(C)(O)CCCC1CCC2C3CC=C4C[C@@](C)(O)CCC4(C)C3CCC12C. The average Bonchev–Trinajstić information content (AvgIpc) is 2.91. The van der Waals surface area contributed by atoms with Crippen LogP contribution in [0.5, 0.6) is 0 Å². The van der Waals surface area contributed by atoms with Gasteiger partial charge in [0.15, 0.2) is 0 Å². The lowest BCUT2D eigenvalue weighted by Gasteiger charge is -2.59. The highest BCUT2D eigenvalue weighted by Gasteiger charge is 2.58. The summed E-state index contributed by atoms with van der Waals surface area (Å²) in [6.07, 6.45) is 15.8. The third-order valence-corrected chi connectivity index (χ3v) is 9.92. The van der Waals surface area contributed by atoms with Crippen LogP contribution in [0.2, 0.25) is 0 Å². The van der Waals surface area contributed by atoms with Crippen molar-refractivity contribution in [3.05, 3.63) is 11.6 Å². The van der Waals surface area contributed by atoms with Crippen molar-refractivity contribution in [3.63, 3.8) is 0 Å². The predicted molar refractivity (Wildman–Crippen MR) is 116 cm³/mol. The molecule has 4 aliphatic carbocycles. The fraction of sp³-hybridized carbons (Fsp3) is 0.923. The van der Waals surface area contributed by atoms with E-state index in [4.69, 9.17) is 0 Å². The quantitative estimate of drug-likeness (QED) is 0.558. The first-order valence-corrected chi connectivity index (χ1v) is 12.1. The molecule has 0 bridgehead atoms. The van der Waals surface area contributed by atoms with Crippen LogP contribution in [0.3, 0.4) is 0 Å². The lowest BCUT2D eigenvalue weighted by molar-refractivity contribution is -0.0664. The van der Waals surface area contributed by atoms with Gasteiger partial charge in [-0.15, -0.1) is 0 Å². The maximum Gasteiger partial charge on any atom is 0.0657 e. The van der Waals surface area contributed by atoms with Crippen LogP contribution in [0.25, 0.3) is 0 Å². The first kappa shape index (κ1) is 20.9. The van der Waals surface area contributed by atoms with Crippen molar-refractivity contribution in [1.82, 2.24) is 0 Å². The number of aliphatic hydroxyl groups is 2. The molecule has 0 aromatic heterocycles. The zero-order valence-corrected chi connectivity index (χ0v) is 19.1. The molecule has 4 aliphatic rings. The molecule has 28 heavy (non-hydrogen) atoms. The maximum absolute atomic E-state index is 10.6. The van der Waals surface area contributed by atoms with Gasteiger partial charge < -0.3 is 10.2 Å². The normalized spacial score (nSPS) is 48.5. The summed E-state index contributed by atoms with van der Waals surface area (Å²) in [5.74, 6) is 3.42. The molecule has 0 radical (unpaired) electrons. The summed E-state index contributed by atoms with van der Waals surface area (Å²) in [5.41, 5.74) is 1.43. The number of fused-ring (bicyclic) bond motifs is 5. The summed E-state index contributed by atoms with van der Waals surface area (Å²) < 4.78 is 0. The van der Waals surface area contributed by atoms with Gasteiger partial charge in [-0.1, -0.05) is 31.9 Å². The van der Waals surface area contributed by atoms with E-state index in [0.29, 0.717) is 10.8 Å². The van der Waals surface area contributed by atoms with Gasteiger partial charge in [0.2, 0.25) is 0 Å². The van der Waals surface area contributed by atoms with E-state index in [2.05, 4.69) is 19.9 Å². The minimum atomic E-state index is -0.516. The van der Waals surface area contributed by atoms with E-state index in [1.165, 1.54) is 51.4 Å². The molecular formula is C26H44O2. The zero-order valence-electron chi connectivity index (χ0n) is 19.1. The van der Waals surface area contributed by atoms with Gasteiger partial charge >= 0.3 is 0 Å². The van der Waals surface area contributed by atoms with E-state index in [0.717, 1.165) is 42.9 Å². The molecule has 2 nitrogen and oxygen atoms in total. The summed E-state index contributed by atoms with van der Waals surface area (Å²) in [6.45, 7) is 11.1. The lowest BCUT2D eigenvalue weighted by atomic mass is 9.46. The lowest BCUT2D eigenvalue weighted by Crippen LogP contribution is -2.51. The molecule has 0 spiro atoms. The highest BCUT2D eigenvalue weighted by atomic mass is 16.3. The van der Waals surface area contributed by atoms with Crippen molar-refractivity contribution in [1.29, 1.82) is 0 Å². The predicted octanol–water partition coefficient (Wildman–Crippen LogP) is 6.26. The fourth-order valence-corrected chi connectivity index (χ4v) is 8.17. The fourth-order valence-electron chi connectivity index (χ4n) is 8.17. The van der Waals surface area contributed by atoms with Crippen LogP contribution >= 0.6 is 0 Å². The van der Waals surface area contributed by atoms with Crippen LogP contribution in [0, 0.1) is 34.5 Å². The van der Waals surface area contributed by atoms with Gasteiger partial charge in [0.1, 0.15) is 0 Å². The van der Waals surface area contributed by atoms with Gasteiger partial charge in [-0.2, -0.15) is 0 Å². The molecule has 2 N–H and O–H groups in total. The Morgan fingerprint density at radius 2 is 1.79 bits per heavy atom. The Morgan fingerprint density at radius 3 is 2.50 bits per heavy atom. The molecule has 0 aromatic rings. The largest absolute Gasteiger partial charge is 0.390 e. The Hall–Kier alpha value is -0.340. The van der Waals surface area contributed by atoms with Crippen LogP contribution in [-0.2, 0) is 0 Å². The van der Waals surface area contributed by atoms with Crippen LogP contribution in [0.15, 0.2) is 11.6 Å². The molecular weight excluding hydrogens is 344 g/mol. The molecule has 3 fully saturated rings. The second-order valence-electron chi connectivity index (χ2n) is 12.5. The van der Waals surface area contributed by atoms with Gasteiger partial charge in [0.25, 0.3) is 0 Å². The summed E-state index contributed by atoms with van der Waals surface area (Å²) in [6, 6.07) is 0. The average molecular weight is 389 g/mol. The molecule has 6 unspecified atom stereocenters. The molecule has 0 saturated heterocycles. The van der Waals surface area contributed by atoms with Gasteiger partial charge in [-0.25, -0.2) is 0 Å². The van der Waals surface area contributed by atoms with E-state index in [1.807, 2.05) is 20.8 Å². The summed E-state index contributed by atoms with van der Waals surface area (Å²) >= 11 is 0. The Balaban J connectivity index is 1.49. The Morgan fingerprint density at radius 1 is 1.04 bits per heavy atom. The van der Waals surface area contributed by atoms with Crippen molar-refractivity contribution in [2.24, 2.45) is 34.5 Å². The van der Waals surface area contributed by atoms with Crippen molar-refractivity contribution >= 4 is 0 Å². The van der Waals surface area contributed by atoms with Crippen molar-refractivity contribution in [2.45, 2.75) is 116 Å². The van der Waals surface area contributed by atoms with Crippen LogP contribution < -0.4 is 0 Å². The first-order chi connectivity index (χ1) is 12.9. The van der Waals surface area contributed by atoms with Crippen molar-refractivity contribution in [2.75, 3.05) is 0 Å². The van der Waals surface area contributed by atoms with E-state index >= 15 is 0 Å². The Labute approximate surface area is 173 Å². The molecule has 3 saturated carbocycles. The highest BCUT2D eigenvalue weighted by molar-refractivity contribution is 5.26. The standard InChI is InChI=1S/C26H44O2/c1-23(2,27)13-6-7-18-9-11-21-20-10-8-19-17-24(3,28)15-16-26(19,5)22(20)12-14-25(18,21)4/h8,18,20-22,27-28H,6-7,9-17H2,1-5H3/t18?,20?,21?,22?,24-,25?,26?/m0/s1. The highest BCUT2D eigenvalue weighted by Crippen LogP contribution is 2.67. The molecule has 0 aromatic carbocycles. The molecule has 0 aliphatic heterocycles.